The Balaban J connectivity index is 1.73. The summed E-state index contributed by atoms with van der Waals surface area (Å²) in [5.41, 5.74) is 2.35. The molecule has 5 nitrogen and oxygen atoms in total. The van der Waals surface area contributed by atoms with Gasteiger partial charge in [-0.1, -0.05) is 23.7 Å². The summed E-state index contributed by atoms with van der Waals surface area (Å²) >= 11 is 5.89. The van der Waals surface area contributed by atoms with Crippen LogP contribution >= 0.6 is 11.6 Å². The lowest BCUT2D eigenvalue weighted by atomic mass is 10.1. The zero-order chi connectivity index (χ0) is 14.8. The summed E-state index contributed by atoms with van der Waals surface area (Å²) < 4.78 is 5.76. The summed E-state index contributed by atoms with van der Waals surface area (Å²) in [6.07, 6.45) is -0.125. The van der Waals surface area contributed by atoms with E-state index in [9.17, 15) is 4.79 Å². The molecule has 1 amide bonds. The number of aryl methyl sites for hydroxylation is 1. The van der Waals surface area contributed by atoms with Crippen molar-refractivity contribution < 1.29 is 9.53 Å². The minimum atomic E-state index is -0.125. The Labute approximate surface area is 127 Å². The lowest BCUT2D eigenvalue weighted by Gasteiger charge is -2.32. The van der Waals surface area contributed by atoms with Crippen LogP contribution in [0.5, 0.6) is 0 Å². The van der Waals surface area contributed by atoms with Gasteiger partial charge in [0.2, 0.25) is 0 Å². The van der Waals surface area contributed by atoms with Crippen molar-refractivity contribution in [2.75, 3.05) is 19.7 Å². The van der Waals surface area contributed by atoms with Crippen molar-refractivity contribution in [2.24, 2.45) is 0 Å². The van der Waals surface area contributed by atoms with Crippen molar-refractivity contribution in [2.45, 2.75) is 13.0 Å². The number of H-pyrrole nitrogens is 1. The van der Waals surface area contributed by atoms with Crippen LogP contribution in [-0.2, 0) is 4.74 Å². The molecule has 110 valence electrons. The minimum Gasteiger partial charge on any atom is -0.370 e. The van der Waals surface area contributed by atoms with Gasteiger partial charge in [0.15, 0.2) is 0 Å². The minimum absolute atomic E-state index is 0.0680. The Hall–Kier alpha value is -1.85. The molecule has 1 aliphatic rings. The highest BCUT2D eigenvalue weighted by Gasteiger charge is 2.27. The summed E-state index contributed by atoms with van der Waals surface area (Å²) in [7, 11) is 0. The molecule has 1 aliphatic heterocycles. The van der Waals surface area contributed by atoms with E-state index in [-0.39, 0.29) is 12.0 Å². The van der Waals surface area contributed by atoms with Crippen LogP contribution in [0.3, 0.4) is 0 Å². The van der Waals surface area contributed by atoms with E-state index in [1.165, 1.54) is 0 Å². The van der Waals surface area contributed by atoms with E-state index in [0.29, 0.717) is 30.4 Å². The summed E-state index contributed by atoms with van der Waals surface area (Å²) in [5.74, 6) is -0.0680. The quantitative estimate of drug-likeness (QED) is 0.928. The monoisotopic (exact) mass is 305 g/mol. The van der Waals surface area contributed by atoms with E-state index in [1.54, 1.807) is 11.0 Å². The van der Waals surface area contributed by atoms with Gasteiger partial charge in [0, 0.05) is 17.3 Å². The highest BCUT2D eigenvalue weighted by molar-refractivity contribution is 6.30. The molecule has 2 aromatic rings. The third-order valence-corrected chi connectivity index (χ3v) is 3.77. The third kappa shape index (κ3) is 3.09. The smallest absolute Gasteiger partial charge is 0.274 e. The van der Waals surface area contributed by atoms with Crippen LogP contribution in [0.25, 0.3) is 0 Å². The summed E-state index contributed by atoms with van der Waals surface area (Å²) in [4.78, 5) is 14.2. The second kappa shape index (κ2) is 5.87. The van der Waals surface area contributed by atoms with Gasteiger partial charge in [-0.15, -0.1) is 0 Å². The molecule has 0 bridgehead atoms. The molecule has 1 aromatic heterocycles. The molecule has 0 saturated carbocycles. The van der Waals surface area contributed by atoms with Gasteiger partial charge in [0.05, 0.1) is 13.2 Å². The molecule has 1 aromatic carbocycles. The van der Waals surface area contributed by atoms with E-state index in [4.69, 9.17) is 16.3 Å². The number of carbonyl (C=O) groups excluding carboxylic acids is 1. The Bertz CT molecular complexity index is 639. The van der Waals surface area contributed by atoms with Crippen LogP contribution < -0.4 is 0 Å². The van der Waals surface area contributed by atoms with Crippen LogP contribution in [-0.4, -0.2) is 40.7 Å². The van der Waals surface area contributed by atoms with Gasteiger partial charge in [0.1, 0.15) is 11.8 Å². The number of hydrogen-bond donors (Lipinski definition) is 1. The molecule has 1 atom stereocenters. The number of nitrogens with zero attached hydrogens (tertiary/aromatic N) is 2. The number of ether oxygens (including phenoxy) is 1. The number of benzene rings is 1. The largest absolute Gasteiger partial charge is 0.370 e. The molecular weight excluding hydrogens is 290 g/mol. The normalized spacial score (nSPS) is 18.8. The fourth-order valence-electron chi connectivity index (χ4n) is 2.40. The van der Waals surface area contributed by atoms with E-state index in [0.717, 1.165) is 11.3 Å². The third-order valence-electron chi connectivity index (χ3n) is 3.52. The van der Waals surface area contributed by atoms with Crippen LogP contribution in [0.4, 0.5) is 0 Å². The first kappa shape index (κ1) is 14.1. The van der Waals surface area contributed by atoms with Crippen LogP contribution in [0.2, 0.25) is 5.02 Å². The average molecular weight is 306 g/mol. The fraction of sp³-hybridized carbons (Fsp3) is 0.333. The van der Waals surface area contributed by atoms with Crippen LogP contribution in [0, 0.1) is 6.92 Å². The molecule has 0 radical (unpaired) electrons. The van der Waals surface area contributed by atoms with Crippen molar-refractivity contribution in [3.63, 3.8) is 0 Å². The fourth-order valence-corrected chi connectivity index (χ4v) is 2.53. The van der Waals surface area contributed by atoms with Crippen molar-refractivity contribution in [1.29, 1.82) is 0 Å². The number of halogens is 1. The predicted molar refractivity (Wildman–Crippen MR) is 79.4 cm³/mol. The molecule has 1 unspecified atom stereocenters. The molecular formula is C15H16ClN3O2. The lowest BCUT2D eigenvalue weighted by Crippen LogP contribution is -2.42. The first-order chi connectivity index (χ1) is 10.1. The number of aromatic amines is 1. The highest BCUT2D eigenvalue weighted by atomic mass is 35.5. The van der Waals surface area contributed by atoms with Gasteiger partial charge in [-0.3, -0.25) is 9.89 Å². The molecule has 0 spiro atoms. The second-order valence-electron chi connectivity index (χ2n) is 5.10. The molecule has 1 saturated heterocycles. The maximum Gasteiger partial charge on any atom is 0.274 e. The Morgan fingerprint density at radius 2 is 2.19 bits per heavy atom. The molecule has 1 fully saturated rings. The summed E-state index contributed by atoms with van der Waals surface area (Å²) in [6.45, 7) is 3.49. The maximum absolute atomic E-state index is 12.4. The molecule has 1 N–H and O–H groups in total. The van der Waals surface area contributed by atoms with Crippen molar-refractivity contribution in [1.82, 2.24) is 15.1 Å². The number of hydrogen-bond acceptors (Lipinski definition) is 3. The molecule has 3 rings (SSSR count). The van der Waals surface area contributed by atoms with Gasteiger partial charge in [-0.05, 0) is 30.7 Å². The zero-order valence-electron chi connectivity index (χ0n) is 11.7. The van der Waals surface area contributed by atoms with E-state index in [1.807, 2.05) is 31.2 Å². The molecule has 21 heavy (non-hydrogen) atoms. The van der Waals surface area contributed by atoms with Gasteiger partial charge >= 0.3 is 0 Å². The first-order valence-electron chi connectivity index (χ1n) is 6.82. The highest BCUT2D eigenvalue weighted by Crippen LogP contribution is 2.24. The Morgan fingerprint density at radius 3 is 2.86 bits per heavy atom. The molecule has 2 heterocycles. The van der Waals surface area contributed by atoms with Gasteiger partial charge in [-0.25, -0.2) is 0 Å². The first-order valence-corrected chi connectivity index (χ1v) is 7.19. The van der Waals surface area contributed by atoms with Crippen molar-refractivity contribution >= 4 is 17.5 Å². The van der Waals surface area contributed by atoms with Crippen molar-refractivity contribution in [3.8, 4) is 0 Å². The van der Waals surface area contributed by atoms with Crippen LogP contribution in [0.1, 0.15) is 27.8 Å². The Kier molecular flexibility index (Phi) is 3.94. The SMILES string of the molecule is Cc1cc(C(=O)N2CCOC(c3ccc(Cl)cc3)C2)n[nH]1. The zero-order valence-corrected chi connectivity index (χ0v) is 12.4. The average Bonchev–Trinajstić information content (AvgIpc) is 2.94. The lowest BCUT2D eigenvalue weighted by molar-refractivity contribution is -0.0230. The predicted octanol–water partition coefficient (Wildman–Crippen LogP) is 2.59. The Morgan fingerprint density at radius 1 is 1.43 bits per heavy atom. The van der Waals surface area contributed by atoms with E-state index in [2.05, 4.69) is 10.2 Å². The van der Waals surface area contributed by atoms with Gasteiger partial charge < -0.3 is 9.64 Å². The molecule has 6 heteroatoms. The van der Waals surface area contributed by atoms with Crippen LogP contribution in [0.15, 0.2) is 30.3 Å². The summed E-state index contributed by atoms with van der Waals surface area (Å²) in [6, 6.07) is 9.28. The molecule has 0 aliphatic carbocycles. The number of nitrogens with one attached hydrogen (secondary N) is 1. The van der Waals surface area contributed by atoms with Gasteiger partial charge in [0.25, 0.3) is 5.91 Å². The van der Waals surface area contributed by atoms with Crippen molar-refractivity contribution in [3.05, 3.63) is 52.3 Å². The van der Waals surface area contributed by atoms with Gasteiger partial charge in [-0.2, -0.15) is 5.10 Å². The standard InChI is InChI=1S/C15H16ClN3O2/c1-10-8-13(18-17-10)15(20)19-6-7-21-14(9-19)11-2-4-12(16)5-3-11/h2-5,8,14H,6-7,9H2,1H3,(H,17,18). The summed E-state index contributed by atoms with van der Waals surface area (Å²) in [5, 5.41) is 7.51. The number of aromatic nitrogens is 2. The maximum atomic E-state index is 12.4. The number of carbonyl (C=O) groups is 1. The number of rotatable bonds is 2. The van der Waals surface area contributed by atoms with E-state index >= 15 is 0 Å². The second-order valence-corrected chi connectivity index (χ2v) is 5.53. The topological polar surface area (TPSA) is 58.2 Å². The van der Waals surface area contributed by atoms with E-state index < -0.39 is 0 Å². The number of amides is 1. The number of morpholine rings is 1.